The van der Waals surface area contributed by atoms with E-state index in [1.165, 1.54) is 0 Å². The SMILES string of the molecule is Cc1ccccc1C(=O)NC(CC(C)C)C(=O)N1CCC(NC(=O)Nc2ccccc2)CC1. The molecule has 0 radical (unpaired) electrons. The van der Waals surface area contributed by atoms with E-state index in [1.54, 1.807) is 11.0 Å². The van der Waals surface area contributed by atoms with Crippen LogP contribution in [0.2, 0.25) is 0 Å². The fraction of sp³-hybridized carbons (Fsp3) is 0.423. The molecule has 3 rings (SSSR count). The predicted octanol–water partition coefficient (Wildman–Crippen LogP) is 3.95. The highest BCUT2D eigenvalue weighted by molar-refractivity contribution is 5.98. The van der Waals surface area contributed by atoms with Crippen molar-refractivity contribution in [1.82, 2.24) is 15.5 Å². The molecule has 176 valence electrons. The van der Waals surface area contributed by atoms with Crippen molar-refractivity contribution in [1.29, 1.82) is 0 Å². The zero-order valence-electron chi connectivity index (χ0n) is 19.6. The molecule has 4 amide bonds. The number of nitrogens with one attached hydrogen (secondary N) is 3. The summed E-state index contributed by atoms with van der Waals surface area (Å²) in [5.74, 6) is -0.0175. The molecular weight excluding hydrogens is 416 g/mol. The molecule has 1 aliphatic rings. The van der Waals surface area contributed by atoms with Crippen molar-refractivity contribution in [3.63, 3.8) is 0 Å². The number of aryl methyl sites for hydroxylation is 1. The molecule has 2 aromatic rings. The Morgan fingerprint density at radius 1 is 0.970 bits per heavy atom. The van der Waals surface area contributed by atoms with Crippen LogP contribution < -0.4 is 16.0 Å². The smallest absolute Gasteiger partial charge is 0.319 e. The third-order valence-corrected chi connectivity index (χ3v) is 5.87. The van der Waals surface area contributed by atoms with Crippen LogP contribution in [0.1, 0.15) is 49.0 Å². The molecule has 0 bridgehead atoms. The molecule has 33 heavy (non-hydrogen) atoms. The first kappa shape index (κ1) is 24.3. The summed E-state index contributed by atoms with van der Waals surface area (Å²) in [6.45, 7) is 7.07. The van der Waals surface area contributed by atoms with E-state index in [-0.39, 0.29) is 29.8 Å². The number of likely N-dealkylation sites (tertiary alicyclic amines) is 1. The van der Waals surface area contributed by atoms with Gasteiger partial charge in [0.1, 0.15) is 6.04 Å². The lowest BCUT2D eigenvalue weighted by atomic mass is 9.99. The molecule has 1 fully saturated rings. The Morgan fingerprint density at radius 2 is 1.61 bits per heavy atom. The number of hydrogen-bond acceptors (Lipinski definition) is 3. The number of carbonyl (C=O) groups excluding carboxylic acids is 3. The van der Waals surface area contributed by atoms with Crippen molar-refractivity contribution in [2.45, 2.75) is 52.1 Å². The minimum atomic E-state index is -0.567. The number of rotatable bonds is 7. The summed E-state index contributed by atoms with van der Waals surface area (Å²) in [5.41, 5.74) is 2.21. The van der Waals surface area contributed by atoms with Crippen LogP contribution in [0.4, 0.5) is 10.5 Å². The molecule has 1 atom stereocenters. The Morgan fingerprint density at radius 3 is 2.24 bits per heavy atom. The molecule has 1 saturated heterocycles. The second kappa shape index (κ2) is 11.5. The van der Waals surface area contributed by atoms with E-state index in [2.05, 4.69) is 16.0 Å². The van der Waals surface area contributed by atoms with Gasteiger partial charge < -0.3 is 20.9 Å². The van der Waals surface area contributed by atoms with Gasteiger partial charge >= 0.3 is 6.03 Å². The number of hydrogen-bond donors (Lipinski definition) is 3. The van der Waals surface area contributed by atoms with Crippen LogP contribution in [0, 0.1) is 12.8 Å². The summed E-state index contributed by atoms with van der Waals surface area (Å²) < 4.78 is 0. The lowest BCUT2D eigenvalue weighted by molar-refractivity contribution is -0.134. The van der Waals surface area contributed by atoms with E-state index < -0.39 is 6.04 Å². The van der Waals surface area contributed by atoms with Crippen LogP contribution in [0.5, 0.6) is 0 Å². The Kier molecular flexibility index (Phi) is 8.46. The van der Waals surface area contributed by atoms with E-state index in [4.69, 9.17) is 0 Å². The van der Waals surface area contributed by atoms with Crippen molar-refractivity contribution in [2.75, 3.05) is 18.4 Å². The minimum Gasteiger partial charge on any atom is -0.341 e. The monoisotopic (exact) mass is 450 g/mol. The molecule has 0 saturated carbocycles. The number of amides is 4. The van der Waals surface area contributed by atoms with E-state index in [0.717, 1.165) is 11.3 Å². The van der Waals surface area contributed by atoms with Gasteiger partial charge in [-0.25, -0.2) is 4.79 Å². The first-order chi connectivity index (χ1) is 15.8. The molecule has 0 aliphatic carbocycles. The number of anilines is 1. The van der Waals surface area contributed by atoms with Crippen molar-refractivity contribution >= 4 is 23.5 Å². The van der Waals surface area contributed by atoms with Crippen molar-refractivity contribution < 1.29 is 14.4 Å². The highest BCUT2D eigenvalue weighted by atomic mass is 16.2. The van der Waals surface area contributed by atoms with Gasteiger partial charge in [-0.2, -0.15) is 0 Å². The van der Waals surface area contributed by atoms with Gasteiger partial charge in [-0.05, 0) is 55.9 Å². The third kappa shape index (κ3) is 7.07. The van der Waals surface area contributed by atoms with Crippen LogP contribution in [0.15, 0.2) is 54.6 Å². The Labute approximate surface area is 195 Å². The van der Waals surface area contributed by atoms with Crippen LogP contribution in [0.25, 0.3) is 0 Å². The average molecular weight is 451 g/mol. The average Bonchev–Trinajstić information content (AvgIpc) is 2.79. The van der Waals surface area contributed by atoms with E-state index >= 15 is 0 Å². The summed E-state index contributed by atoms with van der Waals surface area (Å²) in [5, 5.41) is 8.78. The summed E-state index contributed by atoms with van der Waals surface area (Å²) in [6.07, 6.45) is 1.93. The zero-order chi connectivity index (χ0) is 23.8. The van der Waals surface area contributed by atoms with Gasteiger partial charge in [0.25, 0.3) is 5.91 Å². The molecule has 7 heteroatoms. The lowest BCUT2D eigenvalue weighted by Gasteiger charge is -2.35. The second-order valence-electron chi connectivity index (χ2n) is 9.03. The third-order valence-electron chi connectivity index (χ3n) is 5.87. The number of benzene rings is 2. The van der Waals surface area contributed by atoms with Gasteiger partial charge in [0.05, 0.1) is 0 Å². The van der Waals surface area contributed by atoms with Crippen LogP contribution in [-0.4, -0.2) is 47.9 Å². The van der Waals surface area contributed by atoms with E-state index in [0.29, 0.717) is 37.9 Å². The predicted molar refractivity (Wildman–Crippen MR) is 130 cm³/mol. The van der Waals surface area contributed by atoms with E-state index in [9.17, 15) is 14.4 Å². The summed E-state index contributed by atoms with van der Waals surface area (Å²) in [4.78, 5) is 40.2. The van der Waals surface area contributed by atoms with Crippen molar-refractivity contribution in [2.24, 2.45) is 5.92 Å². The molecule has 1 heterocycles. The van der Waals surface area contributed by atoms with Gasteiger partial charge in [0.2, 0.25) is 5.91 Å². The number of carbonyl (C=O) groups is 3. The number of nitrogens with zero attached hydrogens (tertiary/aromatic N) is 1. The highest BCUT2D eigenvalue weighted by Gasteiger charge is 2.30. The fourth-order valence-corrected chi connectivity index (χ4v) is 4.10. The van der Waals surface area contributed by atoms with Crippen LogP contribution >= 0.6 is 0 Å². The topological polar surface area (TPSA) is 90.5 Å². The van der Waals surface area contributed by atoms with Gasteiger partial charge in [-0.1, -0.05) is 50.2 Å². The first-order valence-corrected chi connectivity index (χ1v) is 11.6. The normalized spacial score (nSPS) is 15.1. The fourth-order valence-electron chi connectivity index (χ4n) is 4.10. The van der Waals surface area contributed by atoms with Gasteiger partial charge in [0, 0.05) is 30.4 Å². The van der Waals surface area contributed by atoms with Gasteiger partial charge in [-0.3, -0.25) is 9.59 Å². The largest absolute Gasteiger partial charge is 0.341 e. The maximum absolute atomic E-state index is 13.3. The quantitative estimate of drug-likeness (QED) is 0.597. The molecule has 2 aromatic carbocycles. The number of piperidine rings is 1. The number of para-hydroxylation sites is 1. The van der Waals surface area contributed by atoms with Crippen molar-refractivity contribution in [3.8, 4) is 0 Å². The summed E-state index contributed by atoms with van der Waals surface area (Å²) >= 11 is 0. The van der Waals surface area contributed by atoms with E-state index in [1.807, 2.05) is 69.3 Å². The maximum atomic E-state index is 13.3. The zero-order valence-corrected chi connectivity index (χ0v) is 19.6. The lowest BCUT2D eigenvalue weighted by Crippen LogP contribution is -2.53. The molecule has 0 aromatic heterocycles. The summed E-state index contributed by atoms with van der Waals surface area (Å²) in [6, 6.07) is 15.9. The summed E-state index contributed by atoms with van der Waals surface area (Å²) in [7, 11) is 0. The molecule has 0 spiro atoms. The van der Waals surface area contributed by atoms with Gasteiger partial charge in [-0.15, -0.1) is 0 Å². The molecule has 1 unspecified atom stereocenters. The van der Waals surface area contributed by atoms with Crippen molar-refractivity contribution in [3.05, 3.63) is 65.7 Å². The molecule has 7 nitrogen and oxygen atoms in total. The number of urea groups is 1. The first-order valence-electron chi connectivity index (χ1n) is 11.6. The Hall–Kier alpha value is -3.35. The molecule has 3 N–H and O–H groups in total. The molecule has 1 aliphatic heterocycles. The minimum absolute atomic E-state index is 0.00266. The Bertz CT molecular complexity index is 953. The second-order valence-corrected chi connectivity index (χ2v) is 9.03. The molecular formula is C26H34N4O3. The van der Waals surface area contributed by atoms with Crippen LogP contribution in [-0.2, 0) is 4.79 Å². The maximum Gasteiger partial charge on any atom is 0.319 e. The van der Waals surface area contributed by atoms with Crippen LogP contribution in [0.3, 0.4) is 0 Å². The Balaban J connectivity index is 1.54. The standard InChI is InChI=1S/C26H34N4O3/c1-18(2)17-23(29-24(31)22-12-8-7-9-19(22)3)25(32)30-15-13-21(14-16-30)28-26(33)27-20-10-5-4-6-11-20/h4-12,18,21,23H,13-17H2,1-3H3,(H,29,31)(H2,27,28,33). The van der Waals surface area contributed by atoms with Gasteiger partial charge in [0.15, 0.2) is 0 Å². The highest BCUT2D eigenvalue weighted by Crippen LogP contribution is 2.16.